The lowest BCUT2D eigenvalue weighted by Gasteiger charge is -2.10. The van der Waals surface area contributed by atoms with Crippen LogP contribution in [0.5, 0.6) is 5.75 Å². The number of hydrogen-bond donors (Lipinski definition) is 0. The van der Waals surface area contributed by atoms with Crippen LogP contribution < -0.4 is 4.74 Å². The topological polar surface area (TPSA) is 26.3 Å². The Bertz CT molecular complexity index is 398. The quantitative estimate of drug-likeness (QED) is 0.752. The molecule has 82 valence electrons. The van der Waals surface area contributed by atoms with Crippen LogP contribution in [0, 0.1) is 0 Å². The molecule has 0 atom stereocenters. The van der Waals surface area contributed by atoms with Crippen molar-refractivity contribution in [3.8, 4) is 5.75 Å². The lowest BCUT2D eigenvalue weighted by atomic mass is 10.2. The molecular weight excluding hydrogens is 361 g/mol. The van der Waals surface area contributed by atoms with Gasteiger partial charge in [-0.2, -0.15) is 8.78 Å². The molecule has 0 N–H and O–H groups in total. The second-order valence-electron chi connectivity index (χ2n) is 2.39. The van der Waals surface area contributed by atoms with E-state index < -0.39 is 11.9 Å². The summed E-state index contributed by atoms with van der Waals surface area (Å²) in [6.45, 7) is -3.02. The van der Waals surface area contributed by atoms with E-state index in [0.717, 1.165) is 0 Å². The van der Waals surface area contributed by atoms with Crippen LogP contribution in [0.25, 0.3) is 0 Å². The van der Waals surface area contributed by atoms with Crippen molar-refractivity contribution >= 4 is 48.7 Å². The number of carbonyl (C=O) groups is 1. The number of alkyl halides is 2. The minimum absolute atomic E-state index is 0.118. The first-order valence-corrected chi connectivity index (χ1v) is 5.52. The van der Waals surface area contributed by atoms with Gasteiger partial charge in [0, 0.05) is 4.47 Å². The largest absolute Gasteiger partial charge is 0.433 e. The molecule has 0 heterocycles. The lowest BCUT2D eigenvalue weighted by Crippen LogP contribution is -2.06. The Labute approximate surface area is 106 Å². The number of halogens is 5. The second kappa shape index (κ2) is 5.23. The minimum atomic E-state index is -3.02. The van der Waals surface area contributed by atoms with E-state index in [1.54, 1.807) is 0 Å². The molecule has 0 unspecified atom stereocenters. The maximum Gasteiger partial charge on any atom is 0.387 e. The molecule has 0 aliphatic rings. The fourth-order valence-electron chi connectivity index (χ4n) is 0.891. The predicted octanol–water partition coefficient (Wildman–Crippen LogP) is 4.19. The average Bonchev–Trinajstić information content (AvgIpc) is 2.12. The zero-order valence-corrected chi connectivity index (χ0v) is 10.9. The van der Waals surface area contributed by atoms with Crippen molar-refractivity contribution in [2.75, 3.05) is 0 Å². The Morgan fingerprint density at radius 1 is 1.40 bits per heavy atom. The van der Waals surface area contributed by atoms with Gasteiger partial charge in [0.1, 0.15) is 0 Å². The van der Waals surface area contributed by atoms with Gasteiger partial charge in [-0.05, 0) is 55.6 Å². The van der Waals surface area contributed by atoms with Gasteiger partial charge in [0.15, 0.2) is 5.75 Å². The van der Waals surface area contributed by atoms with E-state index in [-0.39, 0.29) is 15.8 Å². The molecule has 1 aromatic carbocycles. The third kappa shape index (κ3) is 3.12. The third-order valence-electron chi connectivity index (χ3n) is 1.47. The molecule has 0 fully saturated rings. The standard InChI is InChI=1S/C8H3Br2ClF2O2/c9-4-2-1-3(7(11)14)6(5(4)10)15-8(12)13/h1-2,8H. The number of ether oxygens (including phenoxy) is 1. The molecule has 0 amide bonds. The second-order valence-corrected chi connectivity index (χ2v) is 4.38. The van der Waals surface area contributed by atoms with Gasteiger partial charge < -0.3 is 4.74 Å². The van der Waals surface area contributed by atoms with Crippen molar-refractivity contribution < 1.29 is 18.3 Å². The third-order valence-corrected chi connectivity index (χ3v) is 3.65. The average molecular weight is 364 g/mol. The summed E-state index contributed by atoms with van der Waals surface area (Å²) in [5, 5.41) is -0.862. The van der Waals surface area contributed by atoms with Crippen LogP contribution in [0.2, 0.25) is 0 Å². The van der Waals surface area contributed by atoms with Crippen LogP contribution in [-0.2, 0) is 0 Å². The Kier molecular flexibility index (Phi) is 4.48. The molecular formula is C8H3Br2ClF2O2. The van der Waals surface area contributed by atoms with Crippen molar-refractivity contribution in [3.63, 3.8) is 0 Å². The highest BCUT2D eigenvalue weighted by Crippen LogP contribution is 2.37. The first-order chi connectivity index (χ1) is 6.93. The molecule has 0 radical (unpaired) electrons. The van der Waals surface area contributed by atoms with E-state index in [2.05, 4.69) is 36.6 Å². The molecule has 0 aliphatic heterocycles. The van der Waals surface area contributed by atoms with E-state index in [1.807, 2.05) is 0 Å². The molecule has 15 heavy (non-hydrogen) atoms. The summed E-state index contributed by atoms with van der Waals surface area (Å²) >= 11 is 11.3. The number of hydrogen-bond acceptors (Lipinski definition) is 2. The first kappa shape index (κ1) is 12.9. The maximum atomic E-state index is 12.1. The van der Waals surface area contributed by atoms with Gasteiger partial charge in [-0.25, -0.2) is 0 Å². The van der Waals surface area contributed by atoms with Crippen LogP contribution in [0.15, 0.2) is 21.1 Å². The highest BCUT2D eigenvalue weighted by atomic mass is 79.9. The van der Waals surface area contributed by atoms with Crippen LogP contribution in [0.4, 0.5) is 8.78 Å². The Morgan fingerprint density at radius 3 is 2.47 bits per heavy atom. The SMILES string of the molecule is O=C(Cl)c1ccc(Br)c(Br)c1OC(F)F. The monoisotopic (exact) mass is 362 g/mol. The summed E-state index contributed by atoms with van der Waals surface area (Å²) in [5.41, 5.74) is -0.118. The number of carbonyl (C=O) groups excluding carboxylic acids is 1. The molecule has 0 spiro atoms. The van der Waals surface area contributed by atoms with Crippen molar-refractivity contribution in [3.05, 3.63) is 26.6 Å². The molecule has 2 nitrogen and oxygen atoms in total. The van der Waals surface area contributed by atoms with Crippen LogP contribution in [0.3, 0.4) is 0 Å². The molecule has 0 saturated heterocycles. The number of benzene rings is 1. The fourth-order valence-corrected chi connectivity index (χ4v) is 1.79. The molecule has 0 aliphatic carbocycles. The van der Waals surface area contributed by atoms with Gasteiger partial charge in [0.2, 0.25) is 0 Å². The van der Waals surface area contributed by atoms with Crippen LogP contribution >= 0.6 is 43.5 Å². The van der Waals surface area contributed by atoms with Gasteiger partial charge in [-0.3, -0.25) is 4.79 Å². The van der Waals surface area contributed by atoms with Crippen molar-refractivity contribution in [2.45, 2.75) is 6.61 Å². The van der Waals surface area contributed by atoms with E-state index in [0.29, 0.717) is 4.47 Å². The Morgan fingerprint density at radius 2 is 2.00 bits per heavy atom. The van der Waals surface area contributed by atoms with Crippen LogP contribution in [0.1, 0.15) is 10.4 Å². The van der Waals surface area contributed by atoms with E-state index in [9.17, 15) is 13.6 Å². The van der Waals surface area contributed by atoms with Gasteiger partial charge in [-0.15, -0.1) is 0 Å². The molecule has 0 bridgehead atoms. The molecule has 0 aromatic heterocycles. The lowest BCUT2D eigenvalue weighted by molar-refractivity contribution is -0.0506. The van der Waals surface area contributed by atoms with E-state index >= 15 is 0 Å². The summed E-state index contributed by atoms with van der Waals surface area (Å²) in [4.78, 5) is 10.9. The Balaban J connectivity index is 3.28. The van der Waals surface area contributed by atoms with Gasteiger partial charge in [-0.1, -0.05) is 0 Å². The minimum Gasteiger partial charge on any atom is -0.433 e. The van der Waals surface area contributed by atoms with Gasteiger partial charge in [0.25, 0.3) is 5.24 Å². The van der Waals surface area contributed by atoms with Gasteiger partial charge >= 0.3 is 6.61 Å². The van der Waals surface area contributed by atoms with Crippen molar-refractivity contribution in [1.82, 2.24) is 0 Å². The van der Waals surface area contributed by atoms with Crippen LogP contribution in [-0.4, -0.2) is 11.9 Å². The summed E-state index contributed by atoms with van der Waals surface area (Å²) in [6.07, 6.45) is 0. The highest BCUT2D eigenvalue weighted by Gasteiger charge is 2.19. The highest BCUT2D eigenvalue weighted by molar-refractivity contribution is 9.13. The van der Waals surface area contributed by atoms with Crippen molar-refractivity contribution in [1.29, 1.82) is 0 Å². The first-order valence-electron chi connectivity index (χ1n) is 3.56. The Hall–Kier alpha value is -0.200. The smallest absolute Gasteiger partial charge is 0.387 e. The fraction of sp³-hybridized carbons (Fsp3) is 0.125. The summed E-state index contributed by atoms with van der Waals surface area (Å²) in [6, 6.07) is 2.79. The molecule has 7 heteroatoms. The van der Waals surface area contributed by atoms with Crippen molar-refractivity contribution in [2.24, 2.45) is 0 Å². The van der Waals surface area contributed by atoms with E-state index in [1.165, 1.54) is 12.1 Å². The maximum absolute atomic E-state index is 12.1. The molecule has 0 saturated carbocycles. The zero-order valence-electron chi connectivity index (χ0n) is 6.94. The summed E-state index contributed by atoms with van der Waals surface area (Å²) < 4.78 is 29.0. The van der Waals surface area contributed by atoms with Gasteiger partial charge in [0.05, 0.1) is 10.0 Å². The molecule has 1 rings (SSSR count). The molecule has 1 aromatic rings. The summed E-state index contributed by atoms with van der Waals surface area (Å²) in [5.74, 6) is -0.278. The van der Waals surface area contributed by atoms with E-state index in [4.69, 9.17) is 11.6 Å². The normalized spacial score (nSPS) is 10.5. The zero-order chi connectivity index (χ0) is 11.6. The predicted molar refractivity (Wildman–Crippen MR) is 58.7 cm³/mol. The summed E-state index contributed by atoms with van der Waals surface area (Å²) in [7, 11) is 0. The number of rotatable bonds is 3.